The molecule has 0 radical (unpaired) electrons. The van der Waals surface area contributed by atoms with E-state index < -0.39 is 0 Å². The summed E-state index contributed by atoms with van der Waals surface area (Å²) in [6.07, 6.45) is 7.36. The van der Waals surface area contributed by atoms with Gasteiger partial charge in [-0.3, -0.25) is 14.2 Å². The summed E-state index contributed by atoms with van der Waals surface area (Å²) >= 11 is 3.35. The van der Waals surface area contributed by atoms with E-state index in [1.807, 2.05) is 21.2 Å². The zero-order chi connectivity index (χ0) is 23.6. The van der Waals surface area contributed by atoms with Crippen LogP contribution in [0.4, 0.5) is 0 Å². The van der Waals surface area contributed by atoms with Crippen LogP contribution in [-0.2, 0) is 16.8 Å². The van der Waals surface area contributed by atoms with Crippen molar-refractivity contribution in [1.82, 2.24) is 9.47 Å². The number of aromatic nitrogens is 1. The van der Waals surface area contributed by atoms with Gasteiger partial charge in [0.15, 0.2) is 0 Å². The highest BCUT2D eigenvalue weighted by molar-refractivity contribution is 8.00. The van der Waals surface area contributed by atoms with E-state index in [-0.39, 0.29) is 28.7 Å². The Labute approximate surface area is 211 Å². The second-order valence-corrected chi connectivity index (χ2v) is 14.1. The molecule has 5 atom stereocenters. The van der Waals surface area contributed by atoms with Crippen LogP contribution >= 0.6 is 23.1 Å². The second kappa shape index (κ2) is 8.55. The number of hydrogen-bond acceptors (Lipinski definition) is 4. The Morgan fingerprint density at radius 3 is 2.44 bits per heavy atom. The summed E-state index contributed by atoms with van der Waals surface area (Å²) in [6, 6.07) is 9.22. The number of hydrogen-bond donors (Lipinski definition) is 0. The predicted molar refractivity (Wildman–Crippen MR) is 140 cm³/mol. The molecule has 0 spiro atoms. The zero-order valence-electron chi connectivity index (χ0n) is 20.6. The van der Waals surface area contributed by atoms with Gasteiger partial charge in [0.1, 0.15) is 6.54 Å². The van der Waals surface area contributed by atoms with Gasteiger partial charge in [0.05, 0.1) is 5.03 Å². The van der Waals surface area contributed by atoms with Crippen LogP contribution in [0.15, 0.2) is 34.1 Å². The fourth-order valence-corrected chi connectivity index (χ4v) is 10.2. The Morgan fingerprint density at radius 1 is 1.03 bits per heavy atom. The third-order valence-corrected chi connectivity index (χ3v) is 11.7. The number of carbonyl (C=O) groups is 1. The number of nitrogens with zero attached hydrogens (tertiary/aromatic N) is 2. The van der Waals surface area contributed by atoms with Crippen molar-refractivity contribution in [3.8, 4) is 0 Å². The molecule has 182 valence electrons. The molecule has 4 unspecified atom stereocenters. The molecule has 1 amide bonds. The van der Waals surface area contributed by atoms with Gasteiger partial charge in [0.2, 0.25) is 5.91 Å². The summed E-state index contributed by atoms with van der Waals surface area (Å²) in [7, 11) is 0. The molecule has 1 aromatic carbocycles. The van der Waals surface area contributed by atoms with Gasteiger partial charge in [-0.25, -0.2) is 0 Å². The van der Waals surface area contributed by atoms with Crippen molar-refractivity contribution in [3.05, 3.63) is 49.9 Å². The molecular weight excluding hydrogens is 460 g/mol. The second-order valence-electron chi connectivity index (χ2n) is 11.9. The van der Waals surface area contributed by atoms with Crippen LogP contribution < -0.4 is 4.87 Å². The minimum atomic E-state index is 0.0477. The molecule has 6 rings (SSSR count). The van der Waals surface area contributed by atoms with E-state index in [4.69, 9.17) is 0 Å². The molecule has 2 aromatic rings. The third kappa shape index (κ3) is 3.80. The van der Waals surface area contributed by atoms with Gasteiger partial charge in [-0.15, -0.1) is 11.8 Å². The molecule has 2 bridgehead atoms. The minimum absolute atomic E-state index is 0.0477. The molecule has 2 aliphatic heterocycles. The molecule has 2 aliphatic carbocycles. The lowest BCUT2D eigenvalue weighted by atomic mass is 9.74. The lowest BCUT2D eigenvalue weighted by molar-refractivity contribution is -0.132. The van der Waals surface area contributed by atoms with Crippen LogP contribution in [0.1, 0.15) is 81.2 Å². The molecule has 6 heteroatoms. The summed E-state index contributed by atoms with van der Waals surface area (Å²) < 4.78 is 1.83. The molecule has 0 N–H and O–H groups in total. The minimum Gasteiger partial charge on any atom is -0.341 e. The van der Waals surface area contributed by atoms with Crippen molar-refractivity contribution in [2.45, 2.75) is 87.4 Å². The Balaban J connectivity index is 1.39. The number of carbonyl (C=O) groups excluding carboxylic acids is 1. The zero-order valence-corrected chi connectivity index (χ0v) is 22.2. The first-order chi connectivity index (χ1) is 16.3. The van der Waals surface area contributed by atoms with E-state index in [2.05, 4.69) is 45.0 Å². The van der Waals surface area contributed by atoms with Gasteiger partial charge >= 0.3 is 4.87 Å². The molecule has 2 saturated carbocycles. The smallest absolute Gasteiger partial charge is 0.308 e. The maximum absolute atomic E-state index is 13.3. The van der Waals surface area contributed by atoms with E-state index in [0.29, 0.717) is 11.2 Å². The van der Waals surface area contributed by atoms with Crippen molar-refractivity contribution in [3.63, 3.8) is 0 Å². The van der Waals surface area contributed by atoms with Gasteiger partial charge < -0.3 is 4.90 Å². The quantitative estimate of drug-likeness (QED) is 0.534. The van der Waals surface area contributed by atoms with Crippen LogP contribution in [0.2, 0.25) is 0 Å². The molecular formula is C28H36N2O2S2. The summed E-state index contributed by atoms with van der Waals surface area (Å²) in [4.78, 5) is 29.6. The van der Waals surface area contributed by atoms with Crippen LogP contribution in [0.3, 0.4) is 0 Å². The Bertz CT molecular complexity index is 1140. The van der Waals surface area contributed by atoms with Crippen molar-refractivity contribution >= 4 is 29.0 Å². The Morgan fingerprint density at radius 2 is 1.74 bits per heavy atom. The number of likely N-dealkylation sites (tertiary alicyclic amines) is 1. The summed E-state index contributed by atoms with van der Waals surface area (Å²) in [5, 5.41) is 1.67. The van der Waals surface area contributed by atoms with Crippen LogP contribution in [0.25, 0.3) is 0 Å². The number of piperidine rings is 1. The summed E-state index contributed by atoms with van der Waals surface area (Å²) in [5.41, 5.74) is 2.83. The first-order valence-corrected chi connectivity index (χ1v) is 14.8. The first-order valence-electron chi connectivity index (χ1n) is 13.1. The largest absolute Gasteiger partial charge is 0.341 e. The molecule has 3 heterocycles. The van der Waals surface area contributed by atoms with E-state index >= 15 is 0 Å². The van der Waals surface area contributed by atoms with Crippen LogP contribution in [-0.4, -0.2) is 33.7 Å². The number of benzene rings is 1. The van der Waals surface area contributed by atoms with Crippen molar-refractivity contribution in [2.75, 3.05) is 13.1 Å². The Kier molecular flexibility index (Phi) is 5.76. The van der Waals surface area contributed by atoms with Crippen molar-refractivity contribution in [2.24, 2.45) is 17.8 Å². The van der Waals surface area contributed by atoms with E-state index in [9.17, 15) is 9.59 Å². The highest BCUT2D eigenvalue weighted by Gasteiger charge is 2.55. The topological polar surface area (TPSA) is 42.3 Å². The molecule has 1 aromatic heterocycles. The highest BCUT2D eigenvalue weighted by Crippen LogP contribution is 2.64. The maximum atomic E-state index is 13.3. The summed E-state index contributed by atoms with van der Waals surface area (Å²) in [5.74, 6) is 2.54. The highest BCUT2D eigenvalue weighted by atomic mass is 32.2. The van der Waals surface area contributed by atoms with Gasteiger partial charge in [-0.1, -0.05) is 56.4 Å². The normalized spacial score (nSPS) is 30.3. The number of rotatable bonds is 3. The average Bonchev–Trinajstić information content (AvgIpc) is 3.52. The number of thiazole rings is 1. The van der Waals surface area contributed by atoms with Gasteiger partial charge in [0.25, 0.3) is 0 Å². The van der Waals surface area contributed by atoms with Crippen molar-refractivity contribution < 1.29 is 4.79 Å². The van der Waals surface area contributed by atoms with E-state index in [1.165, 1.54) is 53.0 Å². The molecule has 4 nitrogen and oxygen atoms in total. The Hall–Kier alpha value is -1.53. The van der Waals surface area contributed by atoms with Crippen molar-refractivity contribution in [1.29, 1.82) is 0 Å². The van der Waals surface area contributed by atoms with E-state index in [0.717, 1.165) is 42.8 Å². The number of thioether (sulfide) groups is 1. The van der Waals surface area contributed by atoms with Gasteiger partial charge in [-0.05, 0) is 72.8 Å². The SMILES string of the molecule is CC(C)(C)c1ccc([C@@H]2c3sc(=O)n(CC(=O)N4CCCCC4)c3SC3C4CCC(C4)C32)cc1. The lowest BCUT2D eigenvalue weighted by Gasteiger charge is -2.40. The maximum Gasteiger partial charge on any atom is 0.308 e. The first kappa shape index (κ1) is 22.9. The fraction of sp³-hybridized carbons (Fsp3) is 0.643. The van der Waals surface area contributed by atoms with Gasteiger partial charge in [0, 0.05) is 29.1 Å². The molecule has 1 saturated heterocycles. The van der Waals surface area contributed by atoms with Gasteiger partial charge in [-0.2, -0.15) is 0 Å². The van der Waals surface area contributed by atoms with Crippen LogP contribution in [0.5, 0.6) is 0 Å². The van der Waals surface area contributed by atoms with Crippen LogP contribution in [0, 0.1) is 17.8 Å². The average molecular weight is 497 g/mol. The predicted octanol–water partition coefficient (Wildman–Crippen LogP) is 5.87. The fourth-order valence-electron chi connectivity index (χ4n) is 7.03. The molecule has 34 heavy (non-hydrogen) atoms. The number of amides is 1. The van der Waals surface area contributed by atoms with E-state index in [1.54, 1.807) is 0 Å². The summed E-state index contributed by atoms with van der Waals surface area (Å²) in [6.45, 7) is 8.66. The monoisotopic (exact) mass is 496 g/mol. The standard InChI is InChI=1S/C28H36N2O2S2/c1-28(2,3)20-11-9-17(10-12-20)22-23-18-7-8-19(15-18)24(23)33-26-25(22)34-27(32)30(26)16-21(31)29-13-5-4-6-14-29/h9-12,18-19,22-24H,4-8,13-16H2,1-3H3/t18?,19?,22-,23?,24?/m0/s1. The number of fused-ring (bicyclic) bond motifs is 6. The molecule has 3 fully saturated rings. The molecule has 4 aliphatic rings. The lowest BCUT2D eigenvalue weighted by Crippen LogP contribution is -2.39. The third-order valence-electron chi connectivity index (χ3n) is 8.83.